The zero-order chi connectivity index (χ0) is 23.9. The molecule has 3 nitrogen and oxygen atoms in total. The maximum Gasteiger partial charge on any atom is 0.220 e. The number of rotatable bonds is 10. The molecule has 0 saturated heterocycles. The minimum atomic E-state index is 0.141. The van der Waals surface area contributed by atoms with Gasteiger partial charge in [-0.2, -0.15) is 0 Å². The Bertz CT molecular complexity index is 1210. The summed E-state index contributed by atoms with van der Waals surface area (Å²) in [6, 6.07) is 27.9. The Morgan fingerprint density at radius 3 is 2.32 bits per heavy atom. The predicted octanol–water partition coefficient (Wildman–Crippen LogP) is 6.88. The maximum absolute atomic E-state index is 12.9. The summed E-state index contributed by atoms with van der Waals surface area (Å²) in [5, 5.41) is 4.39. The second-order valence-corrected chi connectivity index (χ2v) is 9.84. The van der Waals surface area contributed by atoms with E-state index in [1.165, 1.54) is 33.2 Å². The molecule has 1 N–H and O–H groups in total. The van der Waals surface area contributed by atoms with Gasteiger partial charge in [0.05, 0.1) is 0 Å². The van der Waals surface area contributed by atoms with Crippen LogP contribution in [0.5, 0.6) is 0 Å². The summed E-state index contributed by atoms with van der Waals surface area (Å²) in [4.78, 5) is 12.9. The van der Waals surface area contributed by atoms with Crippen LogP contribution in [-0.2, 0) is 17.8 Å². The largest absolute Gasteiger partial charge is 0.356 e. The van der Waals surface area contributed by atoms with Crippen molar-refractivity contribution in [2.45, 2.75) is 52.5 Å². The summed E-state index contributed by atoms with van der Waals surface area (Å²) in [5.41, 5.74) is 6.38. The van der Waals surface area contributed by atoms with Crippen LogP contribution >= 0.6 is 0 Å². The van der Waals surface area contributed by atoms with E-state index in [4.69, 9.17) is 0 Å². The molecule has 0 unspecified atom stereocenters. The lowest BCUT2D eigenvalue weighted by Gasteiger charge is -2.17. The molecule has 0 saturated carbocycles. The van der Waals surface area contributed by atoms with Gasteiger partial charge < -0.3 is 9.88 Å². The molecule has 34 heavy (non-hydrogen) atoms. The standard InChI is InChI=1S/C31H36N2O/c1-23(2)20-32-31(34)19-27(18-17-25-9-5-4-6-10-25)29-22-33(30-12-8-7-11-28(29)30)21-26-15-13-24(3)14-16-26/h4-16,22-23,27H,17-21H2,1-3H3,(H,32,34)/t27-/m0/s1. The third-order valence-electron chi connectivity index (χ3n) is 6.50. The zero-order valence-electron chi connectivity index (χ0n) is 20.6. The highest BCUT2D eigenvalue weighted by molar-refractivity contribution is 5.86. The van der Waals surface area contributed by atoms with Gasteiger partial charge in [-0.15, -0.1) is 0 Å². The lowest BCUT2D eigenvalue weighted by Crippen LogP contribution is -2.28. The van der Waals surface area contributed by atoms with Crippen LogP contribution in [0, 0.1) is 12.8 Å². The molecule has 0 aliphatic rings. The number of carbonyl (C=O) groups excluding carboxylic acids is 1. The molecule has 1 atom stereocenters. The summed E-state index contributed by atoms with van der Waals surface area (Å²) in [5.74, 6) is 0.752. The molecule has 3 heteroatoms. The number of nitrogens with one attached hydrogen (secondary N) is 1. The number of para-hydroxylation sites is 1. The molecule has 4 rings (SSSR count). The monoisotopic (exact) mass is 452 g/mol. The molecule has 176 valence electrons. The first kappa shape index (κ1) is 23.8. The van der Waals surface area contributed by atoms with E-state index in [0.717, 1.165) is 25.9 Å². The van der Waals surface area contributed by atoms with Gasteiger partial charge in [-0.1, -0.05) is 92.2 Å². The number of benzene rings is 3. The van der Waals surface area contributed by atoms with Crippen molar-refractivity contribution in [2.24, 2.45) is 5.92 Å². The smallest absolute Gasteiger partial charge is 0.220 e. The van der Waals surface area contributed by atoms with Gasteiger partial charge in [0.25, 0.3) is 0 Å². The molecule has 1 amide bonds. The van der Waals surface area contributed by atoms with Crippen LogP contribution in [0.15, 0.2) is 85.1 Å². The van der Waals surface area contributed by atoms with Crippen molar-refractivity contribution in [3.8, 4) is 0 Å². The summed E-state index contributed by atoms with van der Waals surface area (Å²) in [7, 11) is 0. The van der Waals surface area contributed by atoms with E-state index in [1.807, 2.05) is 0 Å². The van der Waals surface area contributed by atoms with Crippen LogP contribution in [0.3, 0.4) is 0 Å². The Labute approximate surface area is 203 Å². The van der Waals surface area contributed by atoms with Gasteiger partial charge in [0.1, 0.15) is 0 Å². The minimum Gasteiger partial charge on any atom is -0.356 e. The van der Waals surface area contributed by atoms with Gasteiger partial charge in [0, 0.05) is 36.6 Å². The minimum absolute atomic E-state index is 0.141. The van der Waals surface area contributed by atoms with E-state index in [1.54, 1.807) is 0 Å². The van der Waals surface area contributed by atoms with Gasteiger partial charge in [-0.3, -0.25) is 4.79 Å². The highest BCUT2D eigenvalue weighted by Gasteiger charge is 2.21. The predicted molar refractivity (Wildman–Crippen MR) is 142 cm³/mol. The van der Waals surface area contributed by atoms with Gasteiger partial charge >= 0.3 is 0 Å². The van der Waals surface area contributed by atoms with Gasteiger partial charge in [-0.25, -0.2) is 0 Å². The first-order valence-electron chi connectivity index (χ1n) is 12.4. The van der Waals surface area contributed by atoms with Crippen molar-refractivity contribution in [3.63, 3.8) is 0 Å². The van der Waals surface area contributed by atoms with E-state index >= 15 is 0 Å². The van der Waals surface area contributed by atoms with E-state index in [0.29, 0.717) is 12.3 Å². The Balaban J connectivity index is 1.64. The number of aromatic nitrogens is 1. The molecule has 3 aromatic carbocycles. The van der Waals surface area contributed by atoms with Crippen LogP contribution in [0.4, 0.5) is 0 Å². The zero-order valence-corrected chi connectivity index (χ0v) is 20.6. The molecule has 0 spiro atoms. The van der Waals surface area contributed by atoms with Crippen molar-refractivity contribution in [1.29, 1.82) is 0 Å². The number of carbonyl (C=O) groups is 1. The lowest BCUT2D eigenvalue weighted by molar-refractivity contribution is -0.121. The summed E-state index contributed by atoms with van der Waals surface area (Å²) in [6.07, 6.45) is 4.70. The third-order valence-corrected chi connectivity index (χ3v) is 6.50. The molecular formula is C31H36N2O. The van der Waals surface area contributed by atoms with Gasteiger partial charge in [0.15, 0.2) is 0 Å². The highest BCUT2D eigenvalue weighted by atomic mass is 16.1. The van der Waals surface area contributed by atoms with E-state index < -0.39 is 0 Å². The SMILES string of the molecule is Cc1ccc(Cn2cc([C@@H](CCc3ccccc3)CC(=O)NCC(C)C)c3ccccc32)cc1. The molecule has 0 bridgehead atoms. The highest BCUT2D eigenvalue weighted by Crippen LogP contribution is 2.33. The van der Waals surface area contributed by atoms with Crippen LogP contribution < -0.4 is 5.32 Å². The van der Waals surface area contributed by atoms with Crippen molar-refractivity contribution >= 4 is 16.8 Å². The molecule has 0 aliphatic carbocycles. The van der Waals surface area contributed by atoms with Crippen LogP contribution in [0.1, 0.15) is 54.9 Å². The third kappa shape index (κ3) is 6.17. The molecule has 1 aromatic heterocycles. The number of hydrogen-bond acceptors (Lipinski definition) is 1. The Kier molecular flexibility index (Phi) is 7.84. The van der Waals surface area contributed by atoms with Gasteiger partial charge in [-0.05, 0) is 54.4 Å². The number of hydrogen-bond donors (Lipinski definition) is 1. The van der Waals surface area contributed by atoms with Crippen LogP contribution in [0.2, 0.25) is 0 Å². The Morgan fingerprint density at radius 2 is 1.59 bits per heavy atom. The number of fused-ring (bicyclic) bond motifs is 1. The number of nitrogens with zero attached hydrogens (tertiary/aromatic N) is 1. The van der Waals surface area contributed by atoms with Crippen LogP contribution in [0.25, 0.3) is 10.9 Å². The fourth-order valence-electron chi connectivity index (χ4n) is 4.59. The molecule has 0 fully saturated rings. The molecule has 4 aromatic rings. The van der Waals surface area contributed by atoms with Crippen LogP contribution in [-0.4, -0.2) is 17.0 Å². The van der Waals surface area contributed by atoms with Crippen molar-refractivity contribution < 1.29 is 4.79 Å². The number of aryl methyl sites for hydroxylation is 2. The maximum atomic E-state index is 12.9. The summed E-state index contributed by atoms with van der Waals surface area (Å²) >= 11 is 0. The lowest BCUT2D eigenvalue weighted by atomic mass is 9.89. The van der Waals surface area contributed by atoms with Crippen molar-refractivity contribution in [3.05, 3.63) is 107 Å². The number of amides is 1. The Hall–Kier alpha value is -3.33. The van der Waals surface area contributed by atoms with E-state index in [9.17, 15) is 4.79 Å². The fraction of sp³-hybridized carbons (Fsp3) is 0.323. The summed E-state index contributed by atoms with van der Waals surface area (Å²) < 4.78 is 2.34. The summed E-state index contributed by atoms with van der Waals surface area (Å²) in [6.45, 7) is 7.93. The molecule has 0 aliphatic heterocycles. The fourth-order valence-corrected chi connectivity index (χ4v) is 4.59. The van der Waals surface area contributed by atoms with E-state index in [-0.39, 0.29) is 11.8 Å². The average molecular weight is 453 g/mol. The second-order valence-electron chi connectivity index (χ2n) is 9.84. The normalized spacial score (nSPS) is 12.2. The molecule has 0 radical (unpaired) electrons. The molecule has 1 heterocycles. The average Bonchev–Trinajstić information content (AvgIpc) is 3.21. The van der Waals surface area contributed by atoms with Gasteiger partial charge in [0.2, 0.25) is 5.91 Å². The molecular weight excluding hydrogens is 416 g/mol. The van der Waals surface area contributed by atoms with E-state index in [2.05, 4.69) is 116 Å². The van der Waals surface area contributed by atoms with Crippen molar-refractivity contribution in [1.82, 2.24) is 9.88 Å². The first-order valence-corrected chi connectivity index (χ1v) is 12.4. The topological polar surface area (TPSA) is 34.0 Å². The first-order chi connectivity index (χ1) is 16.5. The van der Waals surface area contributed by atoms with Crippen molar-refractivity contribution in [2.75, 3.05) is 6.54 Å². The second kappa shape index (κ2) is 11.2. The quantitative estimate of drug-likeness (QED) is 0.280. The Morgan fingerprint density at radius 1 is 0.882 bits per heavy atom.